The van der Waals surface area contributed by atoms with Crippen molar-refractivity contribution in [2.24, 2.45) is 11.8 Å². The largest absolute Gasteiger partial charge is 0.474 e. The quantitative estimate of drug-likeness (QED) is 0.883. The third kappa shape index (κ3) is 4.39. The topological polar surface area (TPSA) is 34.1 Å². The van der Waals surface area contributed by atoms with Gasteiger partial charge in [-0.25, -0.2) is 0 Å². The SMILES string of the molecule is CC1CCC(Oc2cccc(NC(C)(C)C)n2)CC1C. The first-order valence-corrected chi connectivity index (χ1v) is 7.75. The van der Waals surface area contributed by atoms with Crippen molar-refractivity contribution in [1.29, 1.82) is 0 Å². The Morgan fingerprint density at radius 2 is 1.90 bits per heavy atom. The summed E-state index contributed by atoms with van der Waals surface area (Å²) in [5, 5.41) is 3.38. The van der Waals surface area contributed by atoms with Crippen LogP contribution in [0.5, 0.6) is 5.88 Å². The van der Waals surface area contributed by atoms with Gasteiger partial charge in [-0.2, -0.15) is 4.98 Å². The molecule has 0 amide bonds. The number of rotatable bonds is 3. The molecule has 1 aliphatic carbocycles. The van der Waals surface area contributed by atoms with Gasteiger partial charge < -0.3 is 10.1 Å². The van der Waals surface area contributed by atoms with Crippen LogP contribution in [0.15, 0.2) is 18.2 Å². The van der Waals surface area contributed by atoms with Crippen LogP contribution in [0.3, 0.4) is 0 Å². The predicted molar refractivity (Wildman–Crippen MR) is 84.2 cm³/mol. The zero-order valence-corrected chi connectivity index (χ0v) is 13.4. The number of hydrogen-bond acceptors (Lipinski definition) is 3. The third-order valence-electron chi connectivity index (χ3n) is 4.06. The monoisotopic (exact) mass is 276 g/mol. The van der Waals surface area contributed by atoms with Gasteiger partial charge >= 0.3 is 0 Å². The van der Waals surface area contributed by atoms with Crippen LogP contribution in [0.1, 0.15) is 53.9 Å². The van der Waals surface area contributed by atoms with Crippen LogP contribution >= 0.6 is 0 Å². The Balaban J connectivity index is 1.98. The fourth-order valence-corrected chi connectivity index (χ4v) is 2.71. The average Bonchev–Trinajstić information content (AvgIpc) is 2.32. The Labute approximate surface area is 123 Å². The zero-order chi connectivity index (χ0) is 14.8. The average molecular weight is 276 g/mol. The van der Waals surface area contributed by atoms with Crippen molar-refractivity contribution in [2.75, 3.05) is 5.32 Å². The first-order valence-electron chi connectivity index (χ1n) is 7.75. The molecule has 0 radical (unpaired) electrons. The molecule has 1 N–H and O–H groups in total. The van der Waals surface area contributed by atoms with Gasteiger partial charge in [-0.3, -0.25) is 0 Å². The number of hydrogen-bond donors (Lipinski definition) is 1. The summed E-state index contributed by atoms with van der Waals surface area (Å²) in [4.78, 5) is 4.56. The first-order chi connectivity index (χ1) is 9.33. The lowest BCUT2D eigenvalue weighted by Gasteiger charge is -2.32. The van der Waals surface area contributed by atoms with Crippen molar-refractivity contribution >= 4 is 5.82 Å². The molecule has 20 heavy (non-hydrogen) atoms. The highest BCUT2D eigenvalue weighted by Gasteiger charge is 2.26. The molecular weight excluding hydrogens is 248 g/mol. The van der Waals surface area contributed by atoms with E-state index >= 15 is 0 Å². The van der Waals surface area contributed by atoms with E-state index in [0.717, 1.165) is 36.4 Å². The number of aromatic nitrogens is 1. The number of nitrogens with one attached hydrogen (secondary N) is 1. The number of anilines is 1. The van der Waals surface area contributed by atoms with Gasteiger partial charge in [-0.1, -0.05) is 19.9 Å². The molecule has 1 fully saturated rings. The van der Waals surface area contributed by atoms with Crippen molar-refractivity contribution in [1.82, 2.24) is 4.98 Å². The summed E-state index contributed by atoms with van der Waals surface area (Å²) in [7, 11) is 0. The molecule has 3 heteroatoms. The Bertz CT molecular complexity index is 439. The summed E-state index contributed by atoms with van der Waals surface area (Å²) in [5.41, 5.74) is 0.0143. The van der Waals surface area contributed by atoms with E-state index in [4.69, 9.17) is 4.74 Å². The molecular formula is C17H28N2O. The van der Waals surface area contributed by atoms with Gasteiger partial charge in [-0.15, -0.1) is 0 Å². The molecule has 0 aliphatic heterocycles. The second-order valence-corrected chi connectivity index (χ2v) is 7.24. The molecule has 3 nitrogen and oxygen atoms in total. The van der Waals surface area contributed by atoms with Gasteiger partial charge in [0.2, 0.25) is 5.88 Å². The molecule has 2 rings (SSSR count). The number of ether oxygens (including phenoxy) is 1. The van der Waals surface area contributed by atoms with Crippen LogP contribution in [0.2, 0.25) is 0 Å². The van der Waals surface area contributed by atoms with E-state index in [1.54, 1.807) is 0 Å². The highest BCUT2D eigenvalue weighted by molar-refractivity contribution is 5.39. The van der Waals surface area contributed by atoms with Crippen LogP contribution in [-0.2, 0) is 0 Å². The molecule has 3 unspecified atom stereocenters. The van der Waals surface area contributed by atoms with Crippen LogP contribution in [0.4, 0.5) is 5.82 Å². The Morgan fingerprint density at radius 1 is 1.15 bits per heavy atom. The molecule has 1 heterocycles. The maximum absolute atomic E-state index is 6.08. The van der Waals surface area contributed by atoms with Gasteiger partial charge in [0.1, 0.15) is 11.9 Å². The normalized spacial score (nSPS) is 27.1. The van der Waals surface area contributed by atoms with Gasteiger partial charge in [0.15, 0.2) is 0 Å². The third-order valence-corrected chi connectivity index (χ3v) is 4.06. The maximum Gasteiger partial charge on any atom is 0.215 e. The Kier molecular flexibility index (Phi) is 4.56. The highest BCUT2D eigenvalue weighted by Crippen LogP contribution is 2.31. The molecule has 1 aromatic rings. The molecule has 0 aromatic carbocycles. The van der Waals surface area contributed by atoms with Gasteiger partial charge in [0.25, 0.3) is 0 Å². The van der Waals surface area contributed by atoms with E-state index < -0.39 is 0 Å². The fourth-order valence-electron chi connectivity index (χ4n) is 2.71. The van der Waals surface area contributed by atoms with E-state index in [2.05, 4.69) is 44.9 Å². The van der Waals surface area contributed by atoms with Crippen LogP contribution in [0.25, 0.3) is 0 Å². The molecule has 1 aliphatic rings. The lowest BCUT2D eigenvalue weighted by molar-refractivity contribution is 0.0966. The molecule has 1 aromatic heterocycles. The summed E-state index contributed by atoms with van der Waals surface area (Å²) in [6.45, 7) is 11.1. The minimum absolute atomic E-state index is 0.0143. The van der Waals surface area contributed by atoms with Crippen molar-refractivity contribution in [3.63, 3.8) is 0 Å². The first kappa shape index (κ1) is 15.1. The lowest BCUT2D eigenvalue weighted by atomic mass is 9.80. The van der Waals surface area contributed by atoms with E-state index in [1.807, 2.05) is 18.2 Å². The summed E-state index contributed by atoms with van der Waals surface area (Å²) in [6.07, 6.45) is 3.86. The number of pyridine rings is 1. The van der Waals surface area contributed by atoms with Crippen LogP contribution in [0, 0.1) is 11.8 Å². The van der Waals surface area contributed by atoms with Crippen LogP contribution < -0.4 is 10.1 Å². The molecule has 3 atom stereocenters. The minimum atomic E-state index is 0.0143. The highest BCUT2D eigenvalue weighted by atomic mass is 16.5. The summed E-state index contributed by atoms with van der Waals surface area (Å²) in [5.74, 6) is 3.18. The van der Waals surface area contributed by atoms with Gasteiger partial charge in [0.05, 0.1) is 0 Å². The second kappa shape index (κ2) is 6.02. The summed E-state index contributed by atoms with van der Waals surface area (Å²) in [6, 6.07) is 5.95. The van der Waals surface area contributed by atoms with Crippen LogP contribution in [-0.4, -0.2) is 16.6 Å². The number of nitrogens with zero attached hydrogens (tertiary/aromatic N) is 1. The van der Waals surface area contributed by atoms with Gasteiger partial charge in [0, 0.05) is 11.6 Å². The zero-order valence-electron chi connectivity index (χ0n) is 13.4. The smallest absolute Gasteiger partial charge is 0.215 e. The van der Waals surface area contributed by atoms with Crippen molar-refractivity contribution in [3.05, 3.63) is 18.2 Å². The Hall–Kier alpha value is -1.25. The van der Waals surface area contributed by atoms with Crippen molar-refractivity contribution in [2.45, 2.75) is 65.5 Å². The molecule has 112 valence electrons. The van der Waals surface area contributed by atoms with Gasteiger partial charge in [-0.05, 0) is 57.9 Å². The fraction of sp³-hybridized carbons (Fsp3) is 0.706. The lowest BCUT2D eigenvalue weighted by Crippen LogP contribution is -2.29. The molecule has 1 saturated carbocycles. The molecule has 0 spiro atoms. The minimum Gasteiger partial charge on any atom is -0.474 e. The predicted octanol–water partition coefficient (Wildman–Crippen LogP) is 4.50. The second-order valence-electron chi connectivity index (χ2n) is 7.24. The van der Waals surface area contributed by atoms with E-state index in [1.165, 1.54) is 6.42 Å². The van der Waals surface area contributed by atoms with E-state index in [9.17, 15) is 0 Å². The molecule has 0 saturated heterocycles. The summed E-state index contributed by atoms with van der Waals surface area (Å²) >= 11 is 0. The standard InChI is InChI=1S/C17H28N2O/c1-12-9-10-14(11-13(12)2)20-16-8-6-7-15(18-16)19-17(3,4)5/h6-8,12-14H,9-11H2,1-5H3,(H,18,19). The maximum atomic E-state index is 6.08. The van der Waals surface area contributed by atoms with Crippen molar-refractivity contribution < 1.29 is 4.74 Å². The Morgan fingerprint density at radius 3 is 2.55 bits per heavy atom. The van der Waals surface area contributed by atoms with Crippen molar-refractivity contribution in [3.8, 4) is 5.88 Å². The molecule has 0 bridgehead atoms. The van der Waals surface area contributed by atoms with E-state index in [0.29, 0.717) is 6.10 Å². The summed E-state index contributed by atoms with van der Waals surface area (Å²) < 4.78 is 6.08. The van der Waals surface area contributed by atoms with E-state index in [-0.39, 0.29) is 5.54 Å².